The van der Waals surface area contributed by atoms with Gasteiger partial charge in [-0.05, 0) is 65.9 Å². The topological polar surface area (TPSA) is 85.6 Å². The molecule has 1 amide bonds. The van der Waals surface area contributed by atoms with Gasteiger partial charge in [0.2, 0.25) is 0 Å². The highest BCUT2D eigenvalue weighted by molar-refractivity contribution is 7.13. The minimum atomic E-state index is -0.315. The maximum absolute atomic E-state index is 13.4. The van der Waals surface area contributed by atoms with E-state index in [0.29, 0.717) is 29.4 Å². The summed E-state index contributed by atoms with van der Waals surface area (Å²) < 4.78 is 15.0. The third-order valence-electron chi connectivity index (χ3n) is 5.24. The molecule has 0 aliphatic carbocycles. The number of benzene rings is 1. The van der Waals surface area contributed by atoms with Crippen LogP contribution in [0.15, 0.2) is 78.7 Å². The van der Waals surface area contributed by atoms with Crippen LogP contribution in [0, 0.1) is 12.7 Å². The van der Waals surface area contributed by atoms with Crippen molar-refractivity contribution >= 4 is 17.2 Å². The summed E-state index contributed by atoms with van der Waals surface area (Å²) >= 11 is 1.49. The van der Waals surface area contributed by atoms with Crippen molar-refractivity contribution in [3.05, 3.63) is 101 Å². The average molecular weight is 471 g/mol. The van der Waals surface area contributed by atoms with Crippen molar-refractivity contribution in [3.8, 4) is 27.8 Å². The van der Waals surface area contributed by atoms with E-state index in [2.05, 4.69) is 20.4 Å². The third-order valence-corrected chi connectivity index (χ3v) is 6.11. The molecule has 0 fully saturated rings. The number of nitrogens with one attached hydrogen (secondary N) is 1. The van der Waals surface area contributed by atoms with Gasteiger partial charge in [-0.2, -0.15) is 9.78 Å². The first kappa shape index (κ1) is 21.6. The van der Waals surface area contributed by atoms with Crippen molar-refractivity contribution < 1.29 is 9.18 Å². The van der Waals surface area contributed by atoms with E-state index in [4.69, 9.17) is 4.98 Å². The summed E-state index contributed by atoms with van der Waals surface area (Å²) in [5.74, 6) is -0.246. The molecule has 168 valence electrons. The van der Waals surface area contributed by atoms with E-state index in [9.17, 15) is 9.18 Å². The molecule has 0 aliphatic rings. The molecule has 9 heteroatoms. The zero-order valence-electron chi connectivity index (χ0n) is 18.1. The molecule has 7 nitrogen and oxygen atoms in total. The zero-order chi connectivity index (χ0) is 23.5. The Labute approximate surface area is 199 Å². The lowest BCUT2D eigenvalue weighted by atomic mass is 10.1. The molecule has 0 spiro atoms. The zero-order valence-corrected chi connectivity index (χ0v) is 19.0. The molecule has 4 heterocycles. The van der Waals surface area contributed by atoms with Gasteiger partial charge in [0.15, 0.2) is 0 Å². The molecular weight excluding hydrogens is 451 g/mol. The highest BCUT2D eigenvalue weighted by Crippen LogP contribution is 2.30. The first-order chi connectivity index (χ1) is 16.6. The highest BCUT2D eigenvalue weighted by Gasteiger charge is 2.22. The van der Waals surface area contributed by atoms with Gasteiger partial charge >= 0.3 is 0 Å². The van der Waals surface area contributed by atoms with E-state index in [1.807, 2.05) is 36.6 Å². The van der Waals surface area contributed by atoms with Crippen molar-refractivity contribution in [2.24, 2.45) is 0 Å². The monoisotopic (exact) mass is 470 g/mol. The second kappa shape index (κ2) is 9.32. The number of halogens is 1. The molecule has 0 aliphatic heterocycles. The fourth-order valence-electron chi connectivity index (χ4n) is 3.53. The summed E-state index contributed by atoms with van der Waals surface area (Å²) in [4.78, 5) is 27.1. The number of rotatable bonds is 6. The van der Waals surface area contributed by atoms with Gasteiger partial charge < -0.3 is 5.32 Å². The first-order valence-electron chi connectivity index (χ1n) is 10.5. The number of thiophene rings is 1. The Bertz CT molecular complexity index is 1430. The third kappa shape index (κ3) is 4.33. The normalized spacial score (nSPS) is 10.9. The van der Waals surface area contributed by atoms with Crippen molar-refractivity contribution in [1.82, 2.24) is 30.0 Å². The van der Waals surface area contributed by atoms with E-state index < -0.39 is 0 Å². The number of pyridine rings is 1. The molecular formula is C25H19FN6OS. The number of hydrogen-bond acceptors (Lipinski definition) is 6. The van der Waals surface area contributed by atoms with Gasteiger partial charge in [0, 0.05) is 30.7 Å². The molecule has 1 aromatic carbocycles. The molecule has 1 N–H and O–H groups in total. The Morgan fingerprint density at radius 3 is 2.62 bits per heavy atom. The second-order valence-corrected chi connectivity index (χ2v) is 8.49. The van der Waals surface area contributed by atoms with E-state index >= 15 is 0 Å². The number of carbonyl (C=O) groups is 1. The molecule has 5 aromatic rings. The lowest BCUT2D eigenvalue weighted by Gasteiger charge is -2.11. The quantitative estimate of drug-likeness (QED) is 0.384. The predicted molar refractivity (Wildman–Crippen MR) is 128 cm³/mol. The van der Waals surface area contributed by atoms with E-state index in [0.717, 1.165) is 21.6 Å². The van der Waals surface area contributed by atoms with Crippen LogP contribution in [-0.2, 0) is 6.54 Å². The first-order valence-corrected chi connectivity index (χ1v) is 11.4. The average Bonchev–Trinajstić information content (AvgIpc) is 3.54. The summed E-state index contributed by atoms with van der Waals surface area (Å²) in [5, 5.41) is 9.34. The van der Waals surface area contributed by atoms with Gasteiger partial charge in [-0.3, -0.25) is 9.78 Å². The lowest BCUT2D eigenvalue weighted by molar-refractivity contribution is 0.0951. The Morgan fingerprint density at radius 1 is 1.09 bits per heavy atom. The Morgan fingerprint density at radius 2 is 1.88 bits per heavy atom. The predicted octanol–water partition coefficient (Wildman–Crippen LogP) is 4.83. The molecule has 0 unspecified atom stereocenters. The van der Waals surface area contributed by atoms with Gasteiger partial charge in [0.25, 0.3) is 11.9 Å². The van der Waals surface area contributed by atoms with Gasteiger partial charge in [-0.15, -0.1) is 11.3 Å². The molecule has 5 rings (SSSR count). The number of amides is 1. The van der Waals surface area contributed by atoms with E-state index in [1.54, 1.807) is 35.4 Å². The summed E-state index contributed by atoms with van der Waals surface area (Å²) in [5.41, 5.74) is 4.25. The fourth-order valence-corrected chi connectivity index (χ4v) is 4.30. The van der Waals surface area contributed by atoms with E-state index in [-0.39, 0.29) is 11.7 Å². The van der Waals surface area contributed by atoms with E-state index in [1.165, 1.54) is 29.7 Å². The van der Waals surface area contributed by atoms with Gasteiger partial charge in [0.05, 0.1) is 22.3 Å². The minimum Gasteiger partial charge on any atom is -0.348 e. The van der Waals surface area contributed by atoms with Crippen LogP contribution >= 0.6 is 11.3 Å². The van der Waals surface area contributed by atoms with Crippen molar-refractivity contribution in [2.75, 3.05) is 0 Å². The van der Waals surface area contributed by atoms with Crippen LogP contribution in [0.4, 0.5) is 4.39 Å². The highest BCUT2D eigenvalue weighted by atomic mass is 32.1. The van der Waals surface area contributed by atoms with Crippen LogP contribution in [0.5, 0.6) is 0 Å². The van der Waals surface area contributed by atoms with Crippen LogP contribution in [0.1, 0.15) is 21.5 Å². The SMILES string of the molecule is Cc1cnc(-n2ncc(C(=O)NCc3ccncc3)c2-c2cccs2)nc1-c1ccc(F)cc1. The maximum Gasteiger partial charge on any atom is 0.255 e. The largest absolute Gasteiger partial charge is 0.348 e. The Balaban J connectivity index is 1.54. The summed E-state index contributed by atoms with van der Waals surface area (Å²) in [6.45, 7) is 2.26. The van der Waals surface area contributed by atoms with Crippen molar-refractivity contribution in [2.45, 2.75) is 13.5 Å². The van der Waals surface area contributed by atoms with Crippen LogP contribution in [0.3, 0.4) is 0 Å². The molecule has 34 heavy (non-hydrogen) atoms. The molecule has 0 saturated heterocycles. The number of hydrogen-bond donors (Lipinski definition) is 1. The van der Waals surface area contributed by atoms with Crippen LogP contribution < -0.4 is 5.32 Å². The number of carbonyl (C=O) groups excluding carboxylic acids is 1. The molecule has 0 atom stereocenters. The van der Waals surface area contributed by atoms with Gasteiger partial charge in [-0.1, -0.05) is 6.07 Å². The molecule has 4 aromatic heterocycles. The van der Waals surface area contributed by atoms with Crippen LogP contribution in [0.2, 0.25) is 0 Å². The second-order valence-electron chi connectivity index (χ2n) is 7.54. The number of aryl methyl sites for hydroxylation is 1. The minimum absolute atomic E-state index is 0.252. The molecule has 0 radical (unpaired) electrons. The van der Waals surface area contributed by atoms with Crippen LogP contribution in [0.25, 0.3) is 27.8 Å². The van der Waals surface area contributed by atoms with Crippen LogP contribution in [-0.4, -0.2) is 30.6 Å². The maximum atomic E-state index is 13.4. The summed E-state index contributed by atoms with van der Waals surface area (Å²) in [7, 11) is 0. The van der Waals surface area contributed by atoms with Gasteiger partial charge in [0.1, 0.15) is 11.5 Å². The molecule has 0 bridgehead atoms. The number of nitrogens with zero attached hydrogens (tertiary/aromatic N) is 5. The molecule has 0 saturated carbocycles. The van der Waals surface area contributed by atoms with Gasteiger partial charge in [-0.25, -0.2) is 14.4 Å². The standard InChI is InChI=1S/C25H19FN6OS/c1-16-13-29-25(31-22(16)18-4-6-19(26)7-5-18)32-23(21-3-2-12-34-21)20(15-30-32)24(33)28-14-17-8-10-27-11-9-17/h2-13,15H,14H2,1H3,(H,28,33). The number of aromatic nitrogens is 5. The smallest absolute Gasteiger partial charge is 0.255 e. The Hall–Kier alpha value is -4.24. The summed E-state index contributed by atoms with van der Waals surface area (Å²) in [6.07, 6.45) is 6.59. The summed E-state index contributed by atoms with van der Waals surface area (Å²) in [6, 6.07) is 13.7. The van der Waals surface area contributed by atoms with Crippen molar-refractivity contribution in [1.29, 1.82) is 0 Å². The Kier molecular flexibility index (Phi) is 5.92. The fraction of sp³-hybridized carbons (Fsp3) is 0.0800. The van der Waals surface area contributed by atoms with Crippen molar-refractivity contribution in [3.63, 3.8) is 0 Å². The lowest BCUT2D eigenvalue weighted by Crippen LogP contribution is -2.23.